The maximum atomic E-state index is 10.6. The van der Waals surface area contributed by atoms with Crippen LogP contribution in [0.5, 0.6) is 0 Å². The molecule has 0 saturated heterocycles. The van der Waals surface area contributed by atoms with E-state index in [1.165, 1.54) is 0 Å². The van der Waals surface area contributed by atoms with Crippen LogP contribution in [0.4, 0.5) is 0 Å². The van der Waals surface area contributed by atoms with E-state index in [-0.39, 0.29) is 0 Å². The van der Waals surface area contributed by atoms with Crippen molar-refractivity contribution in [1.82, 2.24) is 0 Å². The summed E-state index contributed by atoms with van der Waals surface area (Å²) >= 11 is 0. The minimum atomic E-state index is -0.517. The topological polar surface area (TPSA) is 37.3 Å². The van der Waals surface area contributed by atoms with Crippen LogP contribution in [-0.4, -0.2) is 17.5 Å². The van der Waals surface area contributed by atoms with Gasteiger partial charge in [0.15, 0.2) is 0 Å². The van der Waals surface area contributed by atoms with E-state index in [0.29, 0.717) is 18.4 Å². The quantitative estimate of drug-likeness (QED) is 0.486. The monoisotopic (exact) mass is 164 g/mol. The fourth-order valence-electron chi connectivity index (χ4n) is 1.54. The van der Waals surface area contributed by atoms with Crippen molar-refractivity contribution in [2.75, 3.05) is 0 Å². The maximum Gasteiger partial charge on any atom is 0.146 e. The highest BCUT2D eigenvalue weighted by Crippen LogP contribution is 2.40. The summed E-state index contributed by atoms with van der Waals surface area (Å²) in [6.45, 7) is 1.82. The van der Waals surface area contributed by atoms with Gasteiger partial charge < -0.3 is 5.11 Å². The number of aldehydes is 1. The third kappa shape index (κ3) is 1.17. The Morgan fingerprint density at radius 3 is 3.17 bits per heavy atom. The molecule has 1 aliphatic rings. The second-order valence-corrected chi connectivity index (χ2v) is 3.33. The van der Waals surface area contributed by atoms with E-state index in [4.69, 9.17) is 6.42 Å². The summed E-state index contributed by atoms with van der Waals surface area (Å²) in [6.07, 6.45) is 8.16. The first-order valence-corrected chi connectivity index (χ1v) is 3.92. The fourth-order valence-corrected chi connectivity index (χ4v) is 1.54. The van der Waals surface area contributed by atoms with Crippen molar-refractivity contribution in [2.24, 2.45) is 5.41 Å². The van der Waals surface area contributed by atoms with Gasteiger partial charge in [-0.05, 0) is 12.0 Å². The van der Waals surface area contributed by atoms with E-state index in [1.54, 1.807) is 6.08 Å². The molecule has 12 heavy (non-hydrogen) atoms. The number of aliphatic hydroxyl groups is 1. The van der Waals surface area contributed by atoms with Crippen molar-refractivity contribution in [3.8, 4) is 12.3 Å². The van der Waals surface area contributed by atoms with Gasteiger partial charge in [0.25, 0.3) is 0 Å². The molecular weight excluding hydrogens is 152 g/mol. The van der Waals surface area contributed by atoms with Crippen LogP contribution in [0.3, 0.4) is 0 Å². The molecule has 64 valence electrons. The Labute approximate surface area is 72.3 Å². The first kappa shape index (κ1) is 9.02. The number of carbonyl (C=O) groups excluding carboxylic acids is 1. The Balaban J connectivity index is 2.92. The van der Waals surface area contributed by atoms with Crippen LogP contribution in [0, 0.1) is 17.8 Å². The van der Waals surface area contributed by atoms with Gasteiger partial charge >= 0.3 is 0 Å². The Kier molecular flexibility index (Phi) is 2.35. The number of aliphatic hydroxyl groups excluding tert-OH is 1. The standard InChI is InChI=1S/C10H12O2/c1-3-6-10(2)8(7-11)4-5-9(10)12/h1,4,7,9,12H,5-6H2,2H3. The average molecular weight is 164 g/mol. The smallest absolute Gasteiger partial charge is 0.146 e. The summed E-state index contributed by atoms with van der Waals surface area (Å²) in [7, 11) is 0. The van der Waals surface area contributed by atoms with Gasteiger partial charge in [0, 0.05) is 11.8 Å². The summed E-state index contributed by atoms with van der Waals surface area (Å²) in [5, 5.41) is 9.57. The maximum absolute atomic E-state index is 10.6. The number of hydrogen-bond acceptors (Lipinski definition) is 2. The molecular formula is C10H12O2. The molecule has 2 heteroatoms. The van der Waals surface area contributed by atoms with Gasteiger partial charge in [-0.3, -0.25) is 4.79 Å². The normalized spacial score (nSPS) is 34.1. The summed E-state index contributed by atoms with van der Waals surface area (Å²) in [6, 6.07) is 0. The first-order valence-electron chi connectivity index (χ1n) is 3.92. The number of terminal acetylenes is 1. The molecule has 2 nitrogen and oxygen atoms in total. The third-order valence-corrected chi connectivity index (χ3v) is 2.55. The molecule has 2 atom stereocenters. The predicted octanol–water partition coefficient (Wildman–Crippen LogP) is 0.906. The predicted molar refractivity (Wildman–Crippen MR) is 46.3 cm³/mol. The minimum Gasteiger partial charge on any atom is -0.392 e. The number of rotatable bonds is 2. The molecule has 0 fully saturated rings. The molecule has 0 heterocycles. The second-order valence-electron chi connectivity index (χ2n) is 3.33. The summed E-state index contributed by atoms with van der Waals surface area (Å²) < 4.78 is 0. The van der Waals surface area contributed by atoms with Crippen molar-refractivity contribution in [3.05, 3.63) is 11.6 Å². The van der Waals surface area contributed by atoms with E-state index in [1.807, 2.05) is 6.92 Å². The molecule has 2 unspecified atom stereocenters. The van der Waals surface area contributed by atoms with E-state index >= 15 is 0 Å². The highest BCUT2D eigenvalue weighted by Gasteiger charge is 2.39. The van der Waals surface area contributed by atoms with Gasteiger partial charge in [-0.25, -0.2) is 0 Å². The van der Waals surface area contributed by atoms with E-state index in [0.717, 1.165) is 6.29 Å². The van der Waals surface area contributed by atoms with Gasteiger partial charge in [0.1, 0.15) is 6.29 Å². The highest BCUT2D eigenvalue weighted by molar-refractivity contribution is 5.76. The summed E-state index contributed by atoms with van der Waals surface area (Å²) in [5.74, 6) is 2.49. The molecule has 0 bridgehead atoms. The molecule has 0 aromatic heterocycles. The summed E-state index contributed by atoms with van der Waals surface area (Å²) in [5.41, 5.74) is 0.115. The summed E-state index contributed by atoms with van der Waals surface area (Å²) in [4.78, 5) is 10.6. The number of hydrogen-bond donors (Lipinski definition) is 1. The van der Waals surface area contributed by atoms with Crippen molar-refractivity contribution >= 4 is 6.29 Å². The molecule has 1 aliphatic carbocycles. The lowest BCUT2D eigenvalue weighted by Gasteiger charge is -2.27. The van der Waals surface area contributed by atoms with Crippen LogP contribution < -0.4 is 0 Å². The Bertz CT molecular complexity index is 260. The zero-order valence-electron chi connectivity index (χ0n) is 7.08. The number of carbonyl (C=O) groups is 1. The molecule has 0 amide bonds. The highest BCUT2D eigenvalue weighted by atomic mass is 16.3. The molecule has 0 spiro atoms. The molecule has 0 aliphatic heterocycles. The minimum absolute atomic E-state index is 0.415. The largest absolute Gasteiger partial charge is 0.392 e. The molecule has 0 aromatic rings. The van der Waals surface area contributed by atoms with Crippen molar-refractivity contribution < 1.29 is 9.90 Å². The van der Waals surface area contributed by atoms with Crippen LogP contribution in [-0.2, 0) is 4.79 Å². The SMILES string of the molecule is C#CCC1(C)C(C=O)=CCC1O. The molecule has 0 saturated carbocycles. The van der Waals surface area contributed by atoms with Crippen LogP contribution in [0.15, 0.2) is 11.6 Å². The Morgan fingerprint density at radius 2 is 2.67 bits per heavy atom. The van der Waals surface area contributed by atoms with Crippen molar-refractivity contribution in [1.29, 1.82) is 0 Å². The van der Waals surface area contributed by atoms with Gasteiger partial charge in [-0.15, -0.1) is 12.3 Å². The molecule has 0 radical (unpaired) electrons. The van der Waals surface area contributed by atoms with E-state index in [2.05, 4.69) is 5.92 Å². The van der Waals surface area contributed by atoms with Gasteiger partial charge in [0.2, 0.25) is 0 Å². The lowest BCUT2D eigenvalue weighted by molar-refractivity contribution is -0.106. The van der Waals surface area contributed by atoms with Crippen LogP contribution in [0.2, 0.25) is 0 Å². The zero-order chi connectivity index (χ0) is 9.19. The van der Waals surface area contributed by atoms with Crippen LogP contribution in [0.1, 0.15) is 19.8 Å². The van der Waals surface area contributed by atoms with Crippen molar-refractivity contribution in [3.63, 3.8) is 0 Å². The second kappa shape index (κ2) is 3.12. The van der Waals surface area contributed by atoms with Crippen LogP contribution >= 0.6 is 0 Å². The average Bonchev–Trinajstić information content (AvgIpc) is 2.30. The van der Waals surface area contributed by atoms with Gasteiger partial charge in [-0.1, -0.05) is 13.0 Å². The fraction of sp³-hybridized carbons (Fsp3) is 0.500. The zero-order valence-corrected chi connectivity index (χ0v) is 7.08. The van der Waals surface area contributed by atoms with Crippen molar-refractivity contribution in [2.45, 2.75) is 25.9 Å². The van der Waals surface area contributed by atoms with E-state index < -0.39 is 11.5 Å². The first-order chi connectivity index (χ1) is 5.65. The van der Waals surface area contributed by atoms with Gasteiger partial charge in [-0.2, -0.15) is 0 Å². The van der Waals surface area contributed by atoms with E-state index in [9.17, 15) is 9.90 Å². The Morgan fingerprint density at radius 1 is 2.00 bits per heavy atom. The Hall–Kier alpha value is -1.07. The molecule has 0 aromatic carbocycles. The van der Waals surface area contributed by atoms with Gasteiger partial charge in [0.05, 0.1) is 6.10 Å². The molecule has 1 rings (SSSR count). The molecule has 1 N–H and O–H groups in total. The lowest BCUT2D eigenvalue weighted by Crippen LogP contribution is -2.29. The van der Waals surface area contributed by atoms with Crippen LogP contribution in [0.25, 0.3) is 0 Å². The third-order valence-electron chi connectivity index (χ3n) is 2.55. The lowest BCUT2D eigenvalue weighted by atomic mass is 9.79.